The molecule has 5 heteroatoms. The monoisotopic (exact) mass is 270 g/mol. The van der Waals surface area contributed by atoms with Gasteiger partial charge in [-0.3, -0.25) is 0 Å². The molecule has 0 aliphatic heterocycles. The molecular weight excluding hydrogens is 259 g/mol. The van der Waals surface area contributed by atoms with Crippen LogP contribution in [0.5, 0.6) is 0 Å². The van der Waals surface area contributed by atoms with Crippen LogP contribution in [0.2, 0.25) is 0 Å². The zero-order valence-corrected chi connectivity index (χ0v) is 10.6. The van der Waals surface area contributed by atoms with Crippen LogP contribution < -0.4 is 0 Å². The van der Waals surface area contributed by atoms with Crippen LogP contribution >= 0.6 is 0 Å². The molecule has 0 fully saturated rings. The Morgan fingerprint density at radius 2 is 2.05 bits per heavy atom. The van der Waals surface area contributed by atoms with E-state index in [2.05, 4.69) is 13.2 Å². The summed E-state index contributed by atoms with van der Waals surface area (Å²) in [6.07, 6.45) is 4.69. The van der Waals surface area contributed by atoms with Crippen molar-refractivity contribution in [1.29, 1.82) is 10.5 Å². The minimum absolute atomic E-state index is 0.222. The first-order valence-corrected chi connectivity index (χ1v) is 5.65. The predicted molar refractivity (Wildman–Crippen MR) is 70.2 cm³/mol. The van der Waals surface area contributed by atoms with Gasteiger partial charge < -0.3 is 4.74 Å². The second-order valence-corrected chi connectivity index (χ2v) is 3.93. The SMILES string of the molecule is C=C(/C=C(/F)C(=C)C#N)OC(=O)C1=CC=C(C#N)CC1. The van der Waals surface area contributed by atoms with E-state index in [-0.39, 0.29) is 11.3 Å². The van der Waals surface area contributed by atoms with Crippen LogP contribution in [0, 0.1) is 22.7 Å². The van der Waals surface area contributed by atoms with Gasteiger partial charge in [-0.15, -0.1) is 0 Å². The maximum atomic E-state index is 13.3. The first-order chi connectivity index (χ1) is 9.47. The Morgan fingerprint density at radius 1 is 1.35 bits per heavy atom. The Kier molecular flexibility index (Phi) is 5.20. The van der Waals surface area contributed by atoms with Crippen LogP contribution in [0.15, 0.2) is 59.7 Å². The minimum atomic E-state index is -0.908. The average Bonchev–Trinajstić information content (AvgIpc) is 2.46. The first kappa shape index (κ1) is 15.1. The summed E-state index contributed by atoms with van der Waals surface area (Å²) in [6.45, 7) is 6.55. The molecule has 0 bridgehead atoms. The maximum Gasteiger partial charge on any atom is 0.339 e. The normalized spacial score (nSPS) is 14.2. The number of nitriles is 2. The number of ether oxygens (including phenoxy) is 1. The molecule has 0 saturated heterocycles. The van der Waals surface area contributed by atoms with E-state index in [9.17, 15) is 9.18 Å². The molecule has 0 unspecified atom stereocenters. The van der Waals surface area contributed by atoms with Crippen LogP contribution in [0.3, 0.4) is 0 Å². The number of hydrogen-bond acceptors (Lipinski definition) is 4. The fourth-order valence-corrected chi connectivity index (χ4v) is 1.40. The summed E-state index contributed by atoms with van der Waals surface area (Å²) in [4.78, 5) is 11.7. The molecule has 0 heterocycles. The molecule has 0 saturated carbocycles. The van der Waals surface area contributed by atoms with Gasteiger partial charge >= 0.3 is 5.97 Å². The molecule has 0 aromatic rings. The third kappa shape index (κ3) is 4.08. The molecule has 0 aromatic heterocycles. The van der Waals surface area contributed by atoms with E-state index in [1.165, 1.54) is 18.2 Å². The van der Waals surface area contributed by atoms with E-state index in [1.807, 2.05) is 6.07 Å². The van der Waals surface area contributed by atoms with Gasteiger partial charge in [-0.1, -0.05) is 19.2 Å². The molecule has 0 N–H and O–H groups in total. The number of rotatable bonds is 4. The standard InChI is InChI=1S/C15H11FN2O2/c1-10(8-17)14(16)7-11(2)20-15(19)13-5-3-12(9-18)4-6-13/h3,5,7H,1-2,4,6H2/b14-7+. The largest absolute Gasteiger partial charge is 0.424 e. The molecule has 0 amide bonds. The Bertz CT molecular complexity index is 640. The van der Waals surface area contributed by atoms with Gasteiger partial charge in [-0.25, -0.2) is 9.18 Å². The Hall–Kier alpha value is -2.92. The highest BCUT2D eigenvalue weighted by atomic mass is 19.1. The third-order valence-electron chi connectivity index (χ3n) is 2.49. The van der Waals surface area contributed by atoms with Crippen molar-refractivity contribution < 1.29 is 13.9 Å². The molecular formula is C15H11FN2O2. The van der Waals surface area contributed by atoms with Crippen molar-refractivity contribution in [3.8, 4) is 12.1 Å². The second-order valence-electron chi connectivity index (χ2n) is 3.93. The summed E-state index contributed by atoms with van der Waals surface area (Å²) in [7, 11) is 0. The van der Waals surface area contributed by atoms with E-state index >= 15 is 0 Å². The van der Waals surface area contributed by atoms with Crippen molar-refractivity contribution in [2.24, 2.45) is 0 Å². The number of carbonyl (C=O) groups excluding carboxylic acids is 1. The van der Waals surface area contributed by atoms with Crippen molar-refractivity contribution in [3.63, 3.8) is 0 Å². The van der Waals surface area contributed by atoms with Crippen molar-refractivity contribution in [3.05, 3.63) is 59.7 Å². The summed E-state index contributed by atoms with van der Waals surface area (Å²) < 4.78 is 18.1. The lowest BCUT2D eigenvalue weighted by molar-refractivity contribution is -0.134. The molecule has 1 aliphatic carbocycles. The minimum Gasteiger partial charge on any atom is -0.424 e. The van der Waals surface area contributed by atoms with Crippen LogP contribution in [0.4, 0.5) is 4.39 Å². The smallest absolute Gasteiger partial charge is 0.339 e. The van der Waals surface area contributed by atoms with Gasteiger partial charge in [0.05, 0.1) is 11.6 Å². The van der Waals surface area contributed by atoms with Gasteiger partial charge in [0.15, 0.2) is 0 Å². The maximum absolute atomic E-state index is 13.3. The van der Waals surface area contributed by atoms with E-state index in [1.54, 1.807) is 0 Å². The number of halogens is 1. The van der Waals surface area contributed by atoms with E-state index in [0.717, 1.165) is 6.08 Å². The molecule has 1 rings (SSSR count). The lowest BCUT2D eigenvalue weighted by Crippen LogP contribution is -2.09. The molecule has 0 spiro atoms. The van der Waals surface area contributed by atoms with Crippen LogP contribution in [0.25, 0.3) is 0 Å². The number of carbonyl (C=O) groups is 1. The second kappa shape index (κ2) is 6.86. The molecule has 100 valence electrons. The first-order valence-electron chi connectivity index (χ1n) is 5.65. The van der Waals surface area contributed by atoms with Gasteiger partial charge in [-0.05, 0) is 18.9 Å². The zero-order chi connectivity index (χ0) is 15.1. The van der Waals surface area contributed by atoms with E-state index in [4.69, 9.17) is 15.3 Å². The fraction of sp³-hybridized carbons (Fsp3) is 0.133. The quantitative estimate of drug-likeness (QED) is 0.340. The molecule has 0 radical (unpaired) electrons. The average molecular weight is 270 g/mol. The van der Waals surface area contributed by atoms with Crippen LogP contribution in [0.1, 0.15) is 12.8 Å². The molecule has 1 aliphatic rings. The third-order valence-corrected chi connectivity index (χ3v) is 2.49. The van der Waals surface area contributed by atoms with Crippen molar-refractivity contribution in [1.82, 2.24) is 0 Å². The highest BCUT2D eigenvalue weighted by Gasteiger charge is 2.15. The van der Waals surface area contributed by atoms with Crippen molar-refractivity contribution >= 4 is 5.97 Å². The molecule has 0 atom stereocenters. The van der Waals surface area contributed by atoms with Gasteiger partial charge in [-0.2, -0.15) is 10.5 Å². The Morgan fingerprint density at radius 3 is 2.55 bits per heavy atom. The number of hydrogen-bond donors (Lipinski definition) is 0. The number of allylic oxidation sites excluding steroid dienone is 6. The lowest BCUT2D eigenvalue weighted by atomic mass is 9.99. The summed E-state index contributed by atoms with van der Waals surface area (Å²) >= 11 is 0. The van der Waals surface area contributed by atoms with Crippen LogP contribution in [-0.4, -0.2) is 5.97 Å². The number of nitrogens with zero attached hydrogens (tertiary/aromatic N) is 2. The van der Waals surface area contributed by atoms with E-state index in [0.29, 0.717) is 24.0 Å². The van der Waals surface area contributed by atoms with Crippen molar-refractivity contribution in [2.45, 2.75) is 12.8 Å². The molecule has 4 nitrogen and oxygen atoms in total. The van der Waals surface area contributed by atoms with Crippen LogP contribution in [-0.2, 0) is 9.53 Å². The van der Waals surface area contributed by atoms with E-state index < -0.39 is 11.8 Å². The summed E-state index contributed by atoms with van der Waals surface area (Å²) in [5.41, 5.74) is 0.579. The molecule has 20 heavy (non-hydrogen) atoms. The highest BCUT2D eigenvalue weighted by Crippen LogP contribution is 2.20. The van der Waals surface area contributed by atoms with Gasteiger partial charge in [0.2, 0.25) is 0 Å². The zero-order valence-electron chi connectivity index (χ0n) is 10.6. The van der Waals surface area contributed by atoms with Gasteiger partial charge in [0.1, 0.15) is 17.7 Å². The van der Waals surface area contributed by atoms with Gasteiger partial charge in [0.25, 0.3) is 0 Å². The number of esters is 1. The Balaban J connectivity index is 2.69. The fourth-order valence-electron chi connectivity index (χ4n) is 1.40. The van der Waals surface area contributed by atoms with Gasteiger partial charge in [0, 0.05) is 17.2 Å². The van der Waals surface area contributed by atoms with Crippen molar-refractivity contribution in [2.75, 3.05) is 0 Å². The summed E-state index contributed by atoms with van der Waals surface area (Å²) in [5, 5.41) is 17.1. The topological polar surface area (TPSA) is 73.9 Å². The summed E-state index contributed by atoms with van der Waals surface area (Å²) in [5.74, 6) is -1.79. The Labute approximate surface area is 116 Å². The predicted octanol–water partition coefficient (Wildman–Crippen LogP) is 3.15. The summed E-state index contributed by atoms with van der Waals surface area (Å²) in [6, 6.07) is 3.53. The highest BCUT2D eigenvalue weighted by molar-refractivity contribution is 5.90. The lowest BCUT2D eigenvalue weighted by Gasteiger charge is -2.10. The molecule has 0 aromatic carbocycles.